The molecule has 3 rings (SSSR count). The maximum absolute atomic E-state index is 13.0. The zero-order valence-corrected chi connectivity index (χ0v) is 14.7. The van der Waals surface area contributed by atoms with Crippen LogP contribution in [0.1, 0.15) is 51.5 Å². The van der Waals surface area contributed by atoms with Crippen LogP contribution in [0.2, 0.25) is 0 Å². The number of alkyl halides is 3. The van der Waals surface area contributed by atoms with Gasteiger partial charge < -0.3 is 14.8 Å². The first-order valence-electron chi connectivity index (χ1n) is 9.08. The molecule has 2 aliphatic rings. The van der Waals surface area contributed by atoms with Gasteiger partial charge in [0.05, 0.1) is 12.2 Å². The third kappa shape index (κ3) is 4.81. The number of fused-ring (bicyclic) bond motifs is 2. The largest absolute Gasteiger partial charge is 0.489 e. The van der Waals surface area contributed by atoms with E-state index in [-0.39, 0.29) is 17.8 Å². The highest BCUT2D eigenvalue weighted by atomic mass is 19.4. The van der Waals surface area contributed by atoms with Gasteiger partial charge in [0.2, 0.25) is 0 Å². The number of benzene rings is 1. The van der Waals surface area contributed by atoms with Gasteiger partial charge in [-0.3, -0.25) is 0 Å². The van der Waals surface area contributed by atoms with Crippen molar-refractivity contribution in [3.05, 3.63) is 23.8 Å². The molecular weight excluding hydrogens is 331 g/mol. The van der Waals surface area contributed by atoms with Crippen LogP contribution in [0.3, 0.4) is 0 Å². The number of halogens is 3. The van der Waals surface area contributed by atoms with E-state index in [0.29, 0.717) is 24.4 Å². The van der Waals surface area contributed by atoms with Crippen molar-refractivity contribution in [2.45, 2.75) is 70.3 Å². The predicted octanol–water partition coefficient (Wildman–Crippen LogP) is 4.79. The van der Waals surface area contributed by atoms with Crippen molar-refractivity contribution in [1.82, 2.24) is 5.32 Å². The molecule has 2 aliphatic heterocycles. The molecule has 0 spiro atoms. The van der Waals surface area contributed by atoms with E-state index in [1.165, 1.54) is 12.5 Å². The van der Waals surface area contributed by atoms with Crippen molar-refractivity contribution in [2.24, 2.45) is 5.92 Å². The van der Waals surface area contributed by atoms with Crippen LogP contribution in [0.5, 0.6) is 11.5 Å². The van der Waals surface area contributed by atoms with E-state index in [2.05, 4.69) is 5.32 Å². The Balaban J connectivity index is 1.76. The highest BCUT2D eigenvalue weighted by Crippen LogP contribution is 2.38. The predicted molar refractivity (Wildman–Crippen MR) is 90.0 cm³/mol. The van der Waals surface area contributed by atoms with Crippen molar-refractivity contribution in [3.8, 4) is 11.5 Å². The number of rotatable bonds is 5. The maximum Gasteiger partial charge on any atom is 0.416 e. The summed E-state index contributed by atoms with van der Waals surface area (Å²) >= 11 is 0. The quantitative estimate of drug-likeness (QED) is 0.822. The van der Waals surface area contributed by atoms with Gasteiger partial charge in [0.15, 0.2) is 11.5 Å². The zero-order chi connectivity index (χ0) is 18.0. The van der Waals surface area contributed by atoms with Crippen molar-refractivity contribution < 1.29 is 22.6 Å². The van der Waals surface area contributed by atoms with E-state index in [4.69, 9.17) is 9.47 Å². The number of ether oxygens (including phenoxy) is 2. The molecule has 0 saturated carbocycles. The van der Waals surface area contributed by atoms with Crippen LogP contribution in [-0.4, -0.2) is 24.8 Å². The first-order chi connectivity index (χ1) is 11.8. The van der Waals surface area contributed by atoms with Gasteiger partial charge in [-0.25, -0.2) is 0 Å². The number of piperidine rings is 2. The highest BCUT2D eigenvalue weighted by molar-refractivity contribution is 5.44. The Morgan fingerprint density at radius 1 is 1.12 bits per heavy atom. The molecule has 3 atom stereocenters. The second-order valence-electron chi connectivity index (χ2n) is 7.57. The molecule has 1 aromatic carbocycles. The summed E-state index contributed by atoms with van der Waals surface area (Å²) in [5.74, 6) is 0.825. The van der Waals surface area contributed by atoms with Gasteiger partial charge in [0, 0.05) is 12.1 Å². The Bertz CT molecular complexity index is 577. The summed E-state index contributed by atoms with van der Waals surface area (Å²) < 4.78 is 50.7. The minimum atomic E-state index is -4.39. The molecule has 2 fully saturated rings. The molecule has 1 N–H and O–H groups in total. The van der Waals surface area contributed by atoms with E-state index >= 15 is 0 Å². The van der Waals surface area contributed by atoms with Crippen LogP contribution in [-0.2, 0) is 6.18 Å². The normalized spacial score (nSPS) is 26.6. The zero-order valence-electron chi connectivity index (χ0n) is 14.7. The topological polar surface area (TPSA) is 30.5 Å². The second-order valence-corrected chi connectivity index (χ2v) is 7.57. The van der Waals surface area contributed by atoms with Gasteiger partial charge in [-0.1, -0.05) is 20.3 Å². The van der Waals surface area contributed by atoms with Crippen molar-refractivity contribution in [1.29, 1.82) is 0 Å². The lowest BCUT2D eigenvalue weighted by atomic mass is 9.85. The molecule has 2 saturated heterocycles. The van der Waals surface area contributed by atoms with Crippen LogP contribution >= 0.6 is 0 Å². The first kappa shape index (κ1) is 18.4. The summed E-state index contributed by atoms with van der Waals surface area (Å²) in [6.07, 6.45) is 0.926. The summed E-state index contributed by atoms with van der Waals surface area (Å²) in [6, 6.07) is 4.43. The van der Waals surface area contributed by atoms with E-state index in [1.807, 2.05) is 13.8 Å². The standard InChI is InChI=1S/C19H26F3NO2/c1-12(2)11-24-18-8-13(19(20,21)22)6-7-17(18)25-16-9-14-4-3-5-15(10-16)23-14/h6-8,12,14-16,23H,3-5,9-11H2,1-2H3/t14-,15+,16?. The number of hydrogen-bond donors (Lipinski definition) is 1. The maximum atomic E-state index is 13.0. The molecule has 0 aromatic heterocycles. The summed E-state index contributed by atoms with van der Waals surface area (Å²) in [5, 5.41) is 3.59. The van der Waals surface area contributed by atoms with Gasteiger partial charge in [0.1, 0.15) is 6.10 Å². The monoisotopic (exact) mass is 357 g/mol. The number of hydrogen-bond acceptors (Lipinski definition) is 3. The second kappa shape index (κ2) is 7.44. The summed E-state index contributed by atoms with van der Waals surface area (Å²) in [7, 11) is 0. The molecule has 1 unspecified atom stereocenters. The average molecular weight is 357 g/mol. The van der Waals surface area contributed by atoms with Crippen molar-refractivity contribution in [2.75, 3.05) is 6.61 Å². The SMILES string of the molecule is CC(C)COc1cc(C(F)(F)F)ccc1OC1C[C@H]2CCC[C@@H](C1)N2. The minimum absolute atomic E-state index is 0.0229. The van der Waals surface area contributed by atoms with Gasteiger partial charge in [0.25, 0.3) is 0 Å². The smallest absolute Gasteiger partial charge is 0.416 e. The van der Waals surface area contributed by atoms with Crippen molar-refractivity contribution >= 4 is 0 Å². The molecule has 2 heterocycles. The molecule has 6 heteroatoms. The fourth-order valence-corrected chi connectivity index (χ4v) is 3.64. The van der Waals surface area contributed by atoms with Crippen LogP contribution in [0.15, 0.2) is 18.2 Å². The fraction of sp³-hybridized carbons (Fsp3) is 0.684. The van der Waals surface area contributed by atoms with E-state index < -0.39 is 11.7 Å². The summed E-state index contributed by atoms with van der Waals surface area (Å²) in [6.45, 7) is 4.28. The first-order valence-corrected chi connectivity index (χ1v) is 9.08. The van der Waals surface area contributed by atoms with E-state index in [1.54, 1.807) is 0 Å². The molecule has 0 radical (unpaired) electrons. The van der Waals surface area contributed by atoms with E-state index in [0.717, 1.165) is 37.8 Å². The molecule has 140 valence electrons. The molecule has 1 aromatic rings. The Morgan fingerprint density at radius 3 is 2.40 bits per heavy atom. The van der Waals surface area contributed by atoms with Crippen molar-refractivity contribution in [3.63, 3.8) is 0 Å². The van der Waals surface area contributed by atoms with Gasteiger partial charge in [-0.2, -0.15) is 13.2 Å². The highest BCUT2D eigenvalue weighted by Gasteiger charge is 2.34. The third-order valence-electron chi connectivity index (χ3n) is 4.81. The lowest BCUT2D eigenvalue weighted by molar-refractivity contribution is -0.137. The van der Waals surface area contributed by atoms with Gasteiger partial charge in [-0.05, 0) is 49.8 Å². The third-order valence-corrected chi connectivity index (χ3v) is 4.81. The molecule has 25 heavy (non-hydrogen) atoms. The van der Waals surface area contributed by atoms with Gasteiger partial charge >= 0.3 is 6.18 Å². The van der Waals surface area contributed by atoms with Crippen LogP contribution in [0.4, 0.5) is 13.2 Å². The Hall–Kier alpha value is -1.43. The summed E-state index contributed by atoms with van der Waals surface area (Å²) in [5.41, 5.74) is -0.708. The summed E-state index contributed by atoms with van der Waals surface area (Å²) in [4.78, 5) is 0. The lowest BCUT2D eigenvalue weighted by Gasteiger charge is -2.40. The Labute approximate surface area is 146 Å². The Kier molecular flexibility index (Phi) is 5.46. The Morgan fingerprint density at radius 2 is 1.80 bits per heavy atom. The minimum Gasteiger partial charge on any atom is -0.489 e. The fourth-order valence-electron chi connectivity index (χ4n) is 3.64. The molecule has 2 bridgehead atoms. The average Bonchev–Trinajstić information content (AvgIpc) is 2.52. The molecular formula is C19H26F3NO2. The molecule has 3 nitrogen and oxygen atoms in total. The molecule has 0 amide bonds. The van der Waals surface area contributed by atoms with Crippen LogP contribution in [0, 0.1) is 5.92 Å². The van der Waals surface area contributed by atoms with Gasteiger partial charge in [-0.15, -0.1) is 0 Å². The van der Waals surface area contributed by atoms with E-state index in [9.17, 15) is 13.2 Å². The lowest BCUT2D eigenvalue weighted by Crippen LogP contribution is -2.51. The van der Waals surface area contributed by atoms with Crippen LogP contribution < -0.4 is 14.8 Å². The number of nitrogens with one attached hydrogen (secondary N) is 1. The van der Waals surface area contributed by atoms with Crippen LogP contribution in [0.25, 0.3) is 0 Å². The molecule has 0 aliphatic carbocycles.